The number of methoxy groups -OCH3 is 1. The molecule has 1 aromatic rings. The molecule has 1 heterocycles. The van der Waals surface area contributed by atoms with Gasteiger partial charge in [-0.25, -0.2) is 0 Å². The molecule has 4 nitrogen and oxygen atoms in total. The van der Waals surface area contributed by atoms with E-state index in [1.165, 1.54) is 12.8 Å². The molecule has 1 atom stereocenters. The van der Waals surface area contributed by atoms with Gasteiger partial charge in [-0.15, -0.1) is 0 Å². The first kappa shape index (κ1) is 13.8. The Balaban J connectivity index is 2.23. The Morgan fingerprint density at radius 1 is 1.56 bits per heavy atom. The summed E-state index contributed by atoms with van der Waals surface area (Å²) in [5.41, 5.74) is 0.659. The molecule has 0 amide bonds. The Morgan fingerprint density at radius 3 is 2.83 bits per heavy atom. The SMILES string of the molecule is COCCn1ncc(Cl)c1C(O)C1(C)CCCC1. The maximum absolute atomic E-state index is 10.6. The van der Waals surface area contributed by atoms with Crippen molar-refractivity contribution in [2.75, 3.05) is 13.7 Å². The van der Waals surface area contributed by atoms with Gasteiger partial charge in [0.25, 0.3) is 0 Å². The van der Waals surface area contributed by atoms with E-state index in [2.05, 4.69) is 12.0 Å². The van der Waals surface area contributed by atoms with Crippen LogP contribution in [0.15, 0.2) is 6.20 Å². The first-order chi connectivity index (χ1) is 8.58. The predicted octanol–water partition coefficient (Wildman–Crippen LogP) is 2.80. The van der Waals surface area contributed by atoms with Crippen LogP contribution in [-0.2, 0) is 11.3 Å². The highest BCUT2D eigenvalue weighted by molar-refractivity contribution is 6.31. The van der Waals surface area contributed by atoms with Crippen LogP contribution in [-0.4, -0.2) is 28.6 Å². The average molecular weight is 273 g/mol. The first-order valence-electron chi connectivity index (χ1n) is 6.47. The fraction of sp³-hybridized carbons (Fsp3) is 0.769. The van der Waals surface area contributed by atoms with Crippen molar-refractivity contribution in [3.63, 3.8) is 0 Å². The van der Waals surface area contributed by atoms with Gasteiger partial charge in [0, 0.05) is 7.11 Å². The zero-order chi connectivity index (χ0) is 13.2. The third-order valence-electron chi connectivity index (χ3n) is 4.01. The predicted molar refractivity (Wildman–Crippen MR) is 70.6 cm³/mol. The number of hydrogen-bond acceptors (Lipinski definition) is 3. The van der Waals surface area contributed by atoms with Crippen LogP contribution < -0.4 is 0 Å². The summed E-state index contributed by atoms with van der Waals surface area (Å²) in [5, 5.41) is 15.4. The molecule has 1 fully saturated rings. The lowest BCUT2D eigenvalue weighted by molar-refractivity contribution is 0.0324. The number of aliphatic hydroxyl groups is 1. The Morgan fingerprint density at radius 2 is 2.22 bits per heavy atom. The molecule has 1 N–H and O–H groups in total. The fourth-order valence-electron chi connectivity index (χ4n) is 2.79. The highest BCUT2D eigenvalue weighted by Crippen LogP contribution is 2.48. The molecule has 1 aliphatic carbocycles. The van der Waals surface area contributed by atoms with Crippen molar-refractivity contribution in [1.29, 1.82) is 0 Å². The van der Waals surface area contributed by atoms with Crippen LogP contribution >= 0.6 is 11.6 Å². The zero-order valence-corrected chi connectivity index (χ0v) is 11.8. The smallest absolute Gasteiger partial charge is 0.102 e. The van der Waals surface area contributed by atoms with Gasteiger partial charge in [-0.1, -0.05) is 31.4 Å². The summed E-state index contributed by atoms with van der Waals surface area (Å²) in [7, 11) is 1.65. The lowest BCUT2D eigenvalue weighted by Gasteiger charge is -2.30. The standard InChI is InChI=1S/C13H21ClN2O2/c1-13(5-3-4-6-13)12(17)11-10(14)9-15-16(11)7-8-18-2/h9,12,17H,3-8H2,1-2H3. The van der Waals surface area contributed by atoms with Gasteiger partial charge in [0.15, 0.2) is 0 Å². The first-order valence-corrected chi connectivity index (χ1v) is 6.84. The van der Waals surface area contributed by atoms with E-state index < -0.39 is 6.10 Å². The minimum atomic E-state index is -0.549. The van der Waals surface area contributed by atoms with Crippen molar-refractivity contribution in [2.24, 2.45) is 5.41 Å². The molecule has 0 bridgehead atoms. The maximum atomic E-state index is 10.6. The zero-order valence-electron chi connectivity index (χ0n) is 11.0. The summed E-state index contributed by atoms with van der Waals surface area (Å²) in [5.74, 6) is 0. The molecule has 1 aliphatic rings. The second-order valence-corrected chi connectivity index (χ2v) is 5.76. The minimum absolute atomic E-state index is 0.0749. The third-order valence-corrected chi connectivity index (χ3v) is 4.30. The van der Waals surface area contributed by atoms with Gasteiger partial charge < -0.3 is 9.84 Å². The number of aromatic nitrogens is 2. The van der Waals surface area contributed by atoms with Gasteiger partial charge in [-0.05, 0) is 18.3 Å². The molecular weight excluding hydrogens is 252 g/mol. The number of halogens is 1. The van der Waals surface area contributed by atoms with Crippen LogP contribution in [0, 0.1) is 5.41 Å². The molecule has 18 heavy (non-hydrogen) atoms. The van der Waals surface area contributed by atoms with Crippen LogP contribution in [0.1, 0.15) is 44.4 Å². The number of hydrogen-bond donors (Lipinski definition) is 1. The molecule has 102 valence electrons. The van der Waals surface area contributed by atoms with Gasteiger partial charge >= 0.3 is 0 Å². The van der Waals surface area contributed by atoms with Gasteiger partial charge in [-0.3, -0.25) is 4.68 Å². The van der Waals surface area contributed by atoms with Crippen molar-refractivity contribution in [1.82, 2.24) is 9.78 Å². The molecule has 0 spiro atoms. The van der Waals surface area contributed by atoms with Crippen LogP contribution in [0.25, 0.3) is 0 Å². The topological polar surface area (TPSA) is 47.3 Å². The molecule has 0 aromatic carbocycles. The average Bonchev–Trinajstić information content (AvgIpc) is 2.93. The van der Waals surface area contributed by atoms with Crippen molar-refractivity contribution < 1.29 is 9.84 Å². The van der Waals surface area contributed by atoms with Gasteiger partial charge in [-0.2, -0.15) is 5.10 Å². The van der Waals surface area contributed by atoms with E-state index in [0.29, 0.717) is 18.2 Å². The summed E-state index contributed by atoms with van der Waals surface area (Å²) in [4.78, 5) is 0. The summed E-state index contributed by atoms with van der Waals surface area (Å²) in [6, 6.07) is 0. The molecule has 0 saturated heterocycles. The Labute approximate surface area is 113 Å². The Bertz CT molecular complexity index is 400. The van der Waals surface area contributed by atoms with E-state index in [9.17, 15) is 5.11 Å². The van der Waals surface area contributed by atoms with E-state index in [-0.39, 0.29) is 5.41 Å². The second-order valence-electron chi connectivity index (χ2n) is 5.36. The minimum Gasteiger partial charge on any atom is -0.386 e. The molecule has 0 radical (unpaired) electrons. The maximum Gasteiger partial charge on any atom is 0.102 e. The lowest BCUT2D eigenvalue weighted by atomic mass is 9.81. The fourth-order valence-corrected chi connectivity index (χ4v) is 3.03. The van der Waals surface area contributed by atoms with Crippen LogP contribution in [0.2, 0.25) is 5.02 Å². The molecule has 5 heteroatoms. The highest BCUT2D eigenvalue weighted by atomic mass is 35.5. The molecule has 1 unspecified atom stereocenters. The Kier molecular flexibility index (Phi) is 4.30. The summed E-state index contributed by atoms with van der Waals surface area (Å²) in [6.45, 7) is 3.31. The third kappa shape index (κ3) is 2.56. The molecular formula is C13H21ClN2O2. The van der Waals surface area contributed by atoms with Crippen molar-refractivity contribution in [3.05, 3.63) is 16.9 Å². The number of aliphatic hydroxyl groups excluding tert-OH is 1. The van der Waals surface area contributed by atoms with Gasteiger partial charge in [0.2, 0.25) is 0 Å². The van der Waals surface area contributed by atoms with E-state index in [4.69, 9.17) is 16.3 Å². The number of rotatable bonds is 5. The van der Waals surface area contributed by atoms with Crippen molar-refractivity contribution in [3.8, 4) is 0 Å². The summed E-state index contributed by atoms with van der Waals surface area (Å²) in [6.07, 6.45) is 5.50. The monoisotopic (exact) mass is 272 g/mol. The molecule has 2 rings (SSSR count). The van der Waals surface area contributed by atoms with E-state index in [1.54, 1.807) is 18.0 Å². The van der Waals surface area contributed by atoms with Gasteiger partial charge in [0.05, 0.1) is 30.1 Å². The quantitative estimate of drug-likeness (QED) is 0.897. The summed E-state index contributed by atoms with van der Waals surface area (Å²) >= 11 is 6.17. The largest absolute Gasteiger partial charge is 0.386 e. The van der Waals surface area contributed by atoms with Gasteiger partial charge in [0.1, 0.15) is 6.10 Å². The molecule has 0 aliphatic heterocycles. The normalized spacial score (nSPS) is 20.2. The van der Waals surface area contributed by atoms with Crippen molar-refractivity contribution in [2.45, 2.75) is 45.3 Å². The summed E-state index contributed by atoms with van der Waals surface area (Å²) < 4.78 is 6.82. The van der Waals surface area contributed by atoms with E-state index in [1.807, 2.05) is 0 Å². The lowest BCUT2D eigenvalue weighted by Crippen LogP contribution is -2.25. The second kappa shape index (κ2) is 5.59. The van der Waals surface area contributed by atoms with Crippen LogP contribution in [0.4, 0.5) is 0 Å². The van der Waals surface area contributed by atoms with Crippen molar-refractivity contribution >= 4 is 11.6 Å². The molecule has 1 aromatic heterocycles. The Hall–Kier alpha value is -0.580. The number of ether oxygens (including phenoxy) is 1. The highest BCUT2D eigenvalue weighted by Gasteiger charge is 2.39. The van der Waals surface area contributed by atoms with Crippen LogP contribution in [0.3, 0.4) is 0 Å². The molecule has 1 saturated carbocycles. The van der Waals surface area contributed by atoms with E-state index >= 15 is 0 Å². The van der Waals surface area contributed by atoms with Crippen LogP contribution in [0.5, 0.6) is 0 Å². The van der Waals surface area contributed by atoms with E-state index in [0.717, 1.165) is 18.5 Å². The number of nitrogens with zero attached hydrogens (tertiary/aromatic N) is 2.